The Bertz CT molecular complexity index is 1110. The molecule has 0 aliphatic rings. The molecule has 9 heteroatoms. The van der Waals surface area contributed by atoms with E-state index in [-0.39, 0.29) is 12.1 Å². The Kier molecular flexibility index (Phi) is 38.9. The van der Waals surface area contributed by atoms with Gasteiger partial charge in [0.2, 0.25) is 0 Å². The number of ether oxygens (including phenoxy) is 1. The summed E-state index contributed by atoms with van der Waals surface area (Å²) in [7, 11) is 5.85. The number of anilines is 2. The monoisotopic (exact) mass is 852 g/mol. The van der Waals surface area contributed by atoms with E-state index in [4.69, 9.17) is 4.74 Å². The maximum Gasteiger partial charge on any atom is 0.306 e. The first-order chi connectivity index (χ1) is 28.5. The summed E-state index contributed by atoms with van der Waals surface area (Å²) in [5, 5.41) is 6.06. The third-order valence-corrected chi connectivity index (χ3v) is 14.2. The van der Waals surface area contributed by atoms with Gasteiger partial charge in [-0.05, 0) is 83.8 Å². The standard InChI is InChI=1S/C49H93N3O4S2/c1-5-8-11-14-17-25-32-42-57-58-43-33-26-19-24-31-40-52(41-34-38-51-47-46(50-4)48(54)49(47)55)39-30-23-18-22-29-37-45(53)56-44(35-27-20-15-12-9-6-2)36-28-21-16-13-10-7-3/h44,50-51H,5-43H2,1-4H3. The average molecular weight is 852 g/mol. The van der Waals surface area contributed by atoms with E-state index in [9.17, 15) is 14.4 Å². The van der Waals surface area contributed by atoms with Gasteiger partial charge in [-0.15, -0.1) is 0 Å². The average Bonchev–Trinajstić information content (AvgIpc) is 3.22. The van der Waals surface area contributed by atoms with Gasteiger partial charge in [0.05, 0.1) is 0 Å². The van der Waals surface area contributed by atoms with Crippen molar-refractivity contribution in [3.05, 3.63) is 20.4 Å². The van der Waals surface area contributed by atoms with Crippen LogP contribution in [0.5, 0.6) is 0 Å². The topological polar surface area (TPSA) is 87.7 Å². The highest BCUT2D eigenvalue weighted by molar-refractivity contribution is 8.76. The van der Waals surface area contributed by atoms with Crippen molar-refractivity contribution >= 4 is 38.9 Å². The van der Waals surface area contributed by atoms with Crippen LogP contribution in [0.1, 0.15) is 233 Å². The van der Waals surface area contributed by atoms with Crippen LogP contribution in [0.3, 0.4) is 0 Å². The summed E-state index contributed by atoms with van der Waals surface area (Å²) in [4.78, 5) is 39.2. The molecule has 0 saturated heterocycles. The van der Waals surface area contributed by atoms with Crippen molar-refractivity contribution in [2.24, 2.45) is 0 Å². The Hall–Kier alpha value is -1.19. The molecule has 58 heavy (non-hydrogen) atoms. The highest BCUT2D eigenvalue weighted by Gasteiger charge is 2.19. The van der Waals surface area contributed by atoms with Gasteiger partial charge in [-0.1, -0.05) is 184 Å². The molecular weight excluding hydrogens is 759 g/mol. The molecule has 0 saturated carbocycles. The highest BCUT2D eigenvalue weighted by Crippen LogP contribution is 2.25. The van der Waals surface area contributed by atoms with Gasteiger partial charge in [0.15, 0.2) is 0 Å². The quantitative estimate of drug-likeness (QED) is 0.0288. The van der Waals surface area contributed by atoms with E-state index in [1.807, 2.05) is 0 Å². The normalized spacial score (nSPS) is 11.7. The van der Waals surface area contributed by atoms with Crippen molar-refractivity contribution in [3.63, 3.8) is 0 Å². The van der Waals surface area contributed by atoms with Crippen LogP contribution in [0.15, 0.2) is 9.59 Å². The van der Waals surface area contributed by atoms with Gasteiger partial charge < -0.3 is 20.3 Å². The lowest BCUT2D eigenvalue weighted by molar-refractivity contribution is -0.150. The summed E-state index contributed by atoms with van der Waals surface area (Å²) < 4.78 is 6.07. The van der Waals surface area contributed by atoms with Crippen LogP contribution in [0, 0.1) is 0 Å². The minimum Gasteiger partial charge on any atom is -0.462 e. The molecule has 0 aliphatic carbocycles. The van der Waals surface area contributed by atoms with Crippen molar-refractivity contribution in [1.29, 1.82) is 0 Å². The SMILES string of the molecule is CCCCCCCCCSSCCCCCCCN(CCCCCCCC(=O)OC(CCCCCCCC)CCCCCCCC)CCCNc1c(NC)c(=O)c1=O. The molecule has 0 aromatic heterocycles. The van der Waals surface area contributed by atoms with E-state index >= 15 is 0 Å². The zero-order chi connectivity index (χ0) is 42.2. The second-order valence-electron chi connectivity index (χ2n) is 17.1. The number of esters is 1. The molecule has 1 aromatic carbocycles. The first-order valence-electron chi connectivity index (χ1n) is 24.9. The number of nitrogens with one attached hydrogen (secondary N) is 2. The Balaban J connectivity index is 2.32. The summed E-state index contributed by atoms with van der Waals surface area (Å²) in [6, 6.07) is 0. The maximum absolute atomic E-state index is 12.9. The molecule has 340 valence electrons. The molecule has 0 aliphatic heterocycles. The second kappa shape index (κ2) is 41.2. The lowest BCUT2D eigenvalue weighted by Crippen LogP contribution is -2.37. The first kappa shape index (κ1) is 54.8. The van der Waals surface area contributed by atoms with Crippen LogP contribution in [0.4, 0.5) is 11.4 Å². The van der Waals surface area contributed by atoms with Crippen LogP contribution in [0.2, 0.25) is 0 Å². The Morgan fingerprint density at radius 3 is 1.40 bits per heavy atom. The van der Waals surface area contributed by atoms with E-state index in [2.05, 4.69) is 57.9 Å². The van der Waals surface area contributed by atoms with Crippen molar-refractivity contribution in [1.82, 2.24) is 4.90 Å². The van der Waals surface area contributed by atoms with E-state index in [1.54, 1.807) is 7.05 Å². The molecule has 7 nitrogen and oxygen atoms in total. The van der Waals surface area contributed by atoms with Gasteiger partial charge in [0.25, 0.3) is 10.9 Å². The Morgan fingerprint density at radius 1 is 0.517 bits per heavy atom. The first-order valence-corrected chi connectivity index (χ1v) is 27.4. The minimum absolute atomic E-state index is 0.0174. The summed E-state index contributed by atoms with van der Waals surface area (Å²) in [5.74, 6) is 2.60. The van der Waals surface area contributed by atoms with Gasteiger partial charge >= 0.3 is 5.97 Å². The highest BCUT2D eigenvalue weighted by atomic mass is 33.1. The summed E-state index contributed by atoms with van der Waals surface area (Å²) >= 11 is 0. The largest absolute Gasteiger partial charge is 0.462 e. The molecule has 1 aromatic rings. The lowest BCUT2D eigenvalue weighted by atomic mass is 10.0. The van der Waals surface area contributed by atoms with Gasteiger partial charge in [-0.25, -0.2) is 0 Å². The van der Waals surface area contributed by atoms with Gasteiger partial charge in [-0.2, -0.15) is 0 Å². The van der Waals surface area contributed by atoms with E-state index in [1.165, 1.54) is 178 Å². The zero-order valence-electron chi connectivity index (χ0n) is 38.6. The van der Waals surface area contributed by atoms with Crippen molar-refractivity contribution in [2.75, 3.05) is 55.4 Å². The third kappa shape index (κ3) is 30.8. The van der Waals surface area contributed by atoms with Gasteiger partial charge in [-0.3, -0.25) is 14.4 Å². The molecule has 0 radical (unpaired) electrons. The molecule has 1 rings (SSSR count). The third-order valence-electron chi connectivity index (χ3n) is 11.6. The molecule has 0 fully saturated rings. The smallest absolute Gasteiger partial charge is 0.306 e. The van der Waals surface area contributed by atoms with Crippen molar-refractivity contribution < 1.29 is 9.53 Å². The number of rotatable bonds is 46. The number of carbonyl (C=O) groups excluding carboxylic acids is 1. The molecule has 0 spiro atoms. The Labute approximate surface area is 366 Å². The number of unbranched alkanes of at least 4 members (excludes halogenated alkanes) is 24. The summed E-state index contributed by atoms with van der Waals surface area (Å²) in [6.07, 6.45) is 40.8. The fourth-order valence-electron chi connectivity index (χ4n) is 7.86. The summed E-state index contributed by atoms with van der Waals surface area (Å²) in [6.45, 7) is 10.7. The fraction of sp³-hybridized carbons (Fsp3) is 0.898. The predicted octanol–water partition coefficient (Wildman–Crippen LogP) is 14.3. The number of hydrogen-bond acceptors (Lipinski definition) is 9. The number of carbonyl (C=O) groups is 1. The summed E-state index contributed by atoms with van der Waals surface area (Å²) in [5.41, 5.74) is 0.0474. The predicted molar refractivity (Wildman–Crippen MR) is 260 cm³/mol. The second-order valence-corrected chi connectivity index (χ2v) is 19.8. The van der Waals surface area contributed by atoms with Gasteiger partial charge in [0.1, 0.15) is 17.5 Å². The van der Waals surface area contributed by atoms with Crippen molar-refractivity contribution in [2.45, 2.75) is 239 Å². The lowest BCUT2D eigenvalue weighted by Gasteiger charge is -2.23. The maximum atomic E-state index is 12.9. The van der Waals surface area contributed by atoms with Crippen LogP contribution >= 0.6 is 21.6 Å². The fourth-order valence-corrected chi connectivity index (χ4v) is 10.2. The number of nitrogens with zero attached hydrogens (tertiary/aromatic N) is 1. The molecular formula is C49H93N3O4S2. The minimum atomic E-state index is -0.416. The van der Waals surface area contributed by atoms with E-state index in [0.29, 0.717) is 24.3 Å². The Morgan fingerprint density at radius 2 is 0.914 bits per heavy atom. The van der Waals surface area contributed by atoms with Crippen LogP contribution in [-0.4, -0.2) is 61.7 Å². The molecule has 0 bridgehead atoms. The van der Waals surface area contributed by atoms with E-state index < -0.39 is 10.9 Å². The molecule has 0 heterocycles. The van der Waals surface area contributed by atoms with Crippen LogP contribution in [-0.2, 0) is 9.53 Å². The molecule has 0 amide bonds. The van der Waals surface area contributed by atoms with Crippen LogP contribution in [0.25, 0.3) is 0 Å². The van der Waals surface area contributed by atoms with E-state index in [0.717, 1.165) is 58.2 Å². The molecule has 2 N–H and O–H groups in total. The zero-order valence-corrected chi connectivity index (χ0v) is 40.2. The van der Waals surface area contributed by atoms with Crippen molar-refractivity contribution in [3.8, 4) is 0 Å². The van der Waals surface area contributed by atoms with Gasteiger partial charge in [0, 0.05) is 31.5 Å². The van der Waals surface area contributed by atoms with Crippen LogP contribution < -0.4 is 21.5 Å². The molecule has 0 atom stereocenters. The number of hydrogen-bond donors (Lipinski definition) is 2. The molecule has 0 unspecified atom stereocenters.